The van der Waals surface area contributed by atoms with Crippen LogP contribution in [0.5, 0.6) is 0 Å². The van der Waals surface area contributed by atoms with Crippen molar-refractivity contribution in [2.75, 3.05) is 19.6 Å². The fourth-order valence-corrected chi connectivity index (χ4v) is 4.42. The summed E-state index contributed by atoms with van der Waals surface area (Å²) in [6.07, 6.45) is 6.95. The zero-order valence-corrected chi connectivity index (χ0v) is 15.4. The molecule has 26 heavy (non-hydrogen) atoms. The Morgan fingerprint density at radius 1 is 1.27 bits per heavy atom. The summed E-state index contributed by atoms with van der Waals surface area (Å²) in [5, 5.41) is 8.00. The summed E-state index contributed by atoms with van der Waals surface area (Å²) in [5.74, 6) is 0.248. The number of pyridine rings is 1. The number of fused-ring (bicyclic) bond motifs is 1. The maximum atomic E-state index is 13.2. The van der Waals surface area contributed by atoms with E-state index < -0.39 is 0 Å². The topological polar surface area (TPSA) is 70.8 Å². The normalized spacial score (nSPS) is 24.0. The lowest BCUT2D eigenvalue weighted by molar-refractivity contribution is -0.141. The molecule has 2 aromatic rings. The lowest BCUT2D eigenvalue weighted by Crippen LogP contribution is -2.56. The smallest absolute Gasteiger partial charge is 0.257 e. The van der Waals surface area contributed by atoms with Crippen LogP contribution < -0.4 is 0 Å². The first-order valence-electron chi connectivity index (χ1n) is 9.36. The Kier molecular flexibility index (Phi) is 4.17. The third kappa shape index (κ3) is 2.85. The minimum absolute atomic E-state index is 0.00988. The van der Waals surface area contributed by atoms with Crippen LogP contribution in [0.3, 0.4) is 0 Å². The van der Waals surface area contributed by atoms with E-state index in [1.807, 2.05) is 28.1 Å². The van der Waals surface area contributed by atoms with Crippen LogP contribution in [0.4, 0.5) is 0 Å². The van der Waals surface area contributed by atoms with Crippen molar-refractivity contribution in [2.45, 2.75) is 45.6 Å². The van der Waals surface area contributed by atoms with Crippen LogP contribution in [0.1, 0.15) is 49.9 Å². The van der Waals surface area contributed by atoms with Gasteiger partial charge in [-0.05, 0) is 45.2 Å². The van der Waals surface area contributed by atoms with Gasteiger partial charge in [0.05, 0.1) is 5.56 Å². The Morgan fingerprint density at radius 2 is 2.12 bits per heavy atom. The second-order valence-electron chi connectivity index (χ2n) is 7.93. The molecule has 4 rings (SSSR count). The van der Waals surface area contributed by atoms with E-state index >= 15 is 0 Å². The Morgan fingerprint density at radius 3 is 2.92 bits per heavy atom. The Balaban J connectivity index is 1.58. The van der Waals surface area contributed by atoms with Gasteiger partial charge in [-0.15, -0.1) is 10.2 Å². The predicted molar refractivity (Wildman–Crippen MR) is 96.6 cm³/mol. The first-order chi connectivity index (χ1) is 12.5. The van der Waals surface area contributed by atoms with Gasteiger partial charge in [-0.2, -0.15) is 0 Å². The summed E-state index contributed by atoms with van der Waals surface area (Å²) in [5.41, 5.74) is 1.21. The standard InChI is InChI=1S/C19H25N5O2/c1-14(2)24-12-19(8-6-16(24)25)7-4-10-22(11-19)18(26)15-5-3-9-23-13-20-21-17(15)23/h3,5,9,13-14H,4,6-8,10-12H2,1-2H3/t19-/m0/s1. The van der Waals surface area contributed by atoms with Gasteiger partial charge in [-0.1, -0.05) is 0 Å². The van der Waals surface area contributed by atoms with Crippen LogP contribution in [-0.4, -0.2) is 61.9 Å². The van der Waals surface area contributed by atoms with E-state index in [-0.39, 0.29) is 23.3 Å². The van der Waals surface area contributed by atoms with Crippen molar-refractivity contribution in [3.05, 3.63) is 30.2 Å². The molecular formula is C19H25N5O2. The SMILES string of the molecule is CC(C)N1C[C@@]2(CCCN(C(=O)c3cccn4cnnc34)C2)CCC1=O. The summed E-state index contributed by atoms with van der Waals surface area (Å²) >= 11 is 0. The molecule has 7 heteroatoms. The summed E-state index contributed by atoms with van der Waals surface area (Å²) in [4.78, 5) is 29.4. The Bertz CT molecular complexity index is 845. The largest absolute Gasteiger partial charge is 0.340 e. The number of likely N-dealkylation sites (tertiary alicyclic amines) is 2. The highest BCUT2D eigenvalue weighted by atomic mass is 16.2. The highest BCUT2D eigenvalue weighted by Gasteiger charge is 2.43. The van der Waals surface area contributed by atoms with Crippen molar-refractivity contribution in [3.8, 4) is 0 Å². The quantitative estimate of drug-likeness (QED) is 0.826. The summed E-state index contributed by atoms with van der Waals surface area (Å²) in [7, 11) is 0. The number of carbonyl (C=O) groups is 2. The van der Waals surface area contributed by atoms with Gasteiger partial charge in [0.1, 0.15) is 6.33 Å². The van der Waals surface area contributed by atoms with Crippen LogP contribution in [0.2, 0.25) is 0 Å². The minimum atomic E-state index is 0.00988. The van der Waals surface area contributed by atoms with E-state index in [1.165, 1.54) is 0 Å². The van der Waals surface area contributed by atoms with Crippen LogP contribution >= 0.6 is 0 Å². The second-order valence-corrected chi connectivity index (χ2v) is 7.93. The van der Waals surface area contributed by atoms with Gasteiger partial charge in [-0.25, -0.2) is 0 Å². The Labute approximate surface area is 153 Å². The van der Waals surface area contributed by atoms with Crippen LogP contribution in [0, 0.1) is 5.41 Å². The molecule has 0 aromatic carbocycles. The van der Waals surface area contributed by atoms with Crippen LogP contribution in [0.15, 0.2) is 24.7 Å². The summed E-state index contributed by atoms with van der Waals surface area (Å²) in [6.45, 7) is 6.34. The van der Waals surface area contributed by atoms with Crippen molar-refractivity contribution in [1.29, 1.82) is 0 Å². The molecule has 7 nitrogen and oxygen atoms in total. The molecule has 2 fully saturated rings. The molecule has 0 radical (unpaired) electrons. The molecule has 0 aliphatic carbocycles. The molecular weight excluding hydrogens is 330 g/mol. The molecule has 2 aliphatic rings. The van der Waals surface area contributed by atoms with Crippen LogP contribution in [-0.2, 0) is 4.79 Å². The lowest BCUT2D eigenvalue weighted by Gasteiger charge is -2.49. The summed E-state index contributed by atoms with van der Waals surface area (Å²) in [6, 6.07) is 3.87. The van der Waals surface area contributed by atoms with Crippen molar-refractivity contribution in [3.63, 3.8) is 0 Å². The van der Waals surface area contributed by atoms with Gasteiger partial charge >= 0.3 is 0 Å². The molecule has 2 aliphatic heterocycles. The van der Waals surface area contributed by atoms with E-state index in [0.717, 1.165) is 32.4 Å². The van der Waals surface area contributed by atoms with Crippen molar-refractivity contribution < 1.29 is 9.59 Å². The van der Waals surface area contributed by atoms with Crippen molar-refractivity contribution in [1.82, 2.24) is 24.4 Å². The number of hydrogen-bond donors (Lipinski definition) is 0. The third-order valence-electron chi connectivity index (χ3n) is 5.82. The monoisotopic (exact) mass is 355 g/mol. The van der Waals surface area contributed by atoms with Gasteiger partial charge in [-0.3, -0.25) is 14.0 Å². The molecule has 0 saturated carbocycles. The fraction of sp³-hybridized carbons (Fsp3) is 0.579. The number of carbonyl (C=O) groups excluding carboxylic acids is 2. The molecule has 1 atom stereocenters. The average molecular weight is 355 g/mol. The first-order valence-corrected chi connectivity index (χ1v) is 9.36. The van der Waals surface area contributed by atoms with Gasteiger partial charge in [0.15, 0.2) is 5.65 Å². The maximum absolute atomic E-state index is 13.2. The highest BCUT2D eigenvalue weighted by Crippen LogP contribution is 2.39. The molecule has 4 heterocycles. The van der Waals surface area contributed by atoms with E-state index in [1.54, 1.807) is 10.7 Å². The van der Waals surface area contributed by atoms with Gasteiger partial charge < -0.3 is 9.80 Å². The average Bonchev–Trinajstić information content (AvgIpc) is 3.12. The molecule has 0 N–H and O–H groups in total. The number of rotatable bonds is 2. The maximum Gasteiger partial charge on any atom is 0.257 e. The highest BCUT2D eigenvalue weighted by molar-refractivity contribution is 5.99. The van der Waals surface area contributed by atoms with Gasteiger partial charge in [0.25, 0.3) is 5.91 Å². The molecule has 1 spiro atoms. The van der Waals surface area contributed by atoms with E-state index in [0.29, 0.717) is 24.2 Å². The number of aromatic nitrogens is 3. The predicted octanol–water partition coefficient (Wildman–Crippen LogP) is 1.98. The molecule has 0 unspecified atom stereocenters. The first kappa shape index (κ1) is 17.0. The molecule has 2 saturated heterocycles. The van der Waals surface area contributed by atoms with Crippen molar-refractivity contribution >= 4 is 17.5 Å². The minimum Gasteiger partial charge on any atom is -0.340 e. The number of piperidine rings is 2. The molecule has 138 valence electrons. The number of amides is 2. The van der Waals surface area contributed by atoms with E-state index in [9.17, 15) is 9.59 Å². The van der Waals surface area contributed by atoms with Crippen LogP contribution in [0.25, 0.3) is 5.65 Å². The molecule has 2 amide bonds. The van der Waals surface area contributed by atoms with Gasteiger partial charge in [0, 0.05) is 43.7 Å². The van der Waals surface area contributed by atoms with E-state index in [4.69, 9.17) is 0 Å². The zero-order chi connectivity index (χ0) is 18.3. The summed E-state index contributed by atoms with van der Waals surface area (Å²) < 4.78 is 1.77. The van der Waals surface area contributed by atoms with Crippen molar-refractivity contribution in [2.24, 2.45) is 5.41 Å². The molecule has 0 bridgehead atoms. The zero-order valence-electron chi connectivity index (χ0n) is 15.4. The third-order valence-corrected chi connectivity index (χ3v) is 5.82. The number of hydrogen-bond acceptors (Lipinski definition) is 4. The molecule has 2 aromatic heterocycles. The Hall–Kier alpha value is -2.44. The second kappa shape index (κ2) is 6.37. The fourth-order valence-electron chi connectivity index (χ4n) is 4.42. The van der Waals surface area contributed by atoms with E-state index in [2.05, 4.69) is 24.0 Å². The number of nitrogens with zero attached hydrogens (tertiary/aromatic N) is 5. The lowest BCUT2D eigenvalue weighted by atomic mass is 9.73. The van der Waals surface area contributed by atoms with Gasteiger partial charge in [0.2, 0.25) is 5.91 Å².